The van der Waals surface area contributed by atoms with E-state index in [9.17, 15) is 19.2 Å². The second-order valence-corrected chi connectivity index (χ2v) is 9.72. The zero-order valence-corrected chi connectivity index (χ0v) is 21.1. The fraction of sp³-hybridized carbons (Fsp3) is 0.500. The van der Waals surface area contributed by atoms with Gasteiger partial charge in [-0.15, -0.1) is 23.1 Å². The third kappa shape index (κ3) is 7.08. The van der Waals surface area contributed by atoms with E-state index in [0.717, 1.165) is 19.1 Å². The molecule has 1 fully saturated rings. The molecule has 3 N–H and O–H groups in total. The maximum atomic E-state index is 12.7. The molecule has 0 radical (unpaired) electrons. The van der Waals surface area contributed by atoms with Crippen molar-refractivity contribution in [1.82, 2.24) is 15.2 Å². The molecule has 0 aliphatic carbocycles. The van der Waals surface area contributed by atoms with E-state index in [1.807, 2.05) is 6.92 Å². The SMILES string of the molecule is CCCCCC(=O)OCOC(=O)C1C(Cl)=CSC2C(NC(=O)/C=N/OCc3csc(N)n3)C(=O)N12. The predicted molar refractivity (Wildman–Crippen MR) is 129 cm³/mol. The van der Waals surface area contributed by atoms with Crippen molar-refractivity contribution in [3.8, 4) is 0 Å². The van der Waals surface area contributed by atoms with Gasteiger partial charge in [0.1, 0.15) is 17.6 Å². The summed E-state index contributed by atoms with van der Waals surface area (Å²) in [4.78, 5) is 59.1. The van der Waals surface area contributed by atoms with Crippen LogP contribution in [0, 0.1) is 0 Å². The van der Waals surface area contributed by atoms with Gasteiger partial charge in [0.2, 0.25) is 12.7 Å². The highest BCUT2D eigenvalue weighted by Crippen LogP contribution is 2.41. The van der Waals surface area contributed by atoms with E-state index in [-0.39, 0.29) is 18.1 Å². The van der Waals surface area contributed by atoms with Gasteiger partial charge in [-0.05, 0) is 11.8 Å². The summed E-state index contributed by atoms with van der Waals surface area (Å²) in [5.41, 5.74) is 6.09. The van der Waals surface area contributed by atoms with Gasteiger partial charge in [-0.2, -0.15) is 0 Å². The van der Waals surface area contributed by atoms with Crippen LogP contribution >= 0.6 is 34.7 Å². The second-order valence-electron chi connectivity index (χ2n) is 7.40. The van der Waals surface area contributed by atoms with Crippen molar-refractivity contribution in [2.24, 2.45) is 5.16 Å². The number of amides is 2. The molecule has 1 aromatic rings. The Morgan fingerprint density at radius 1 is 1.34 bits per heavy atom. The number of β-lactam (4-membered cyclic amide) rings is 1. The Balaban J connectivity index is 1.45. The van der Waals surface area contributed by atoms with Crippen LogP contribution in [0.15, 0.2) is 21.0 Å². The number of esters is 2. The van der Waals surface area contributed by atoms with Crippen molar-refractivity contribution >= 4 is 69.8 Å². The summed E-state index contributed by atoms with van der Waals surface area (Å²) in [5.74, 6) is -2.49. The number of thiazole rings is 1. The Morgan fingerprint density at radius 3 is 2.86 bits per heavy atom. The maximum Gasteiger partial charge on any atom is 0.337 e. The van der Waals surface area contributed by atoms with Crippen molar-refractivity contribution in [2.45, 2.75) is 56.7 Å². The van der Waals surface area contributed by atoms with Crippen LogP contribution in [-0.2, 0) is 40.1 Å². The van der Waals surface area contributed by atoms with Crippen molar-refractivity contribution in [3.63, 3.8) is 0 Å². The third-order valence-corrected chi connectivity index (χ3v) is 7.23. The van der Waals surface area contributed by atoms with Crippen LogP contribution in [0.3, 0.4) is 0 Å². The van der Waals surface area contributed by atoms with Crippen LogP contribution < -0.4 is 11.1 Å². The summed E-state index contributed by atoms with van der Waals surface area (Å²) < 4.78 is 9.90. The number of hydrogen-bond acceptors (Lipinski definition) is 12. The Labute approximate surface area is 214 Å². The van der Waals surface area contributed by atoms with Gasteiger partial charge in [0.25, 0.3) is 5.91 Å². The highest BCUT2D eigenvalue weighted by molar-refractivity contribution is 8.03. The zero-order chi connectivity index (χ0) is 25.4. The molecule has 3 unspecified atom stereocenters. The molecule has 35 heavy (non-hydrogen) atoms. The van der Waals surface area contributed by atoms with Gasteiger partial charge in [-0.25, -0.2) is 9.78 Å². The Bertz CT molecular complexity index is 1020. The van der Waals surface area contributed by atoms with Crippen LogP contribution in [0.5, 0.6) is 0 Å². The minimum Gasteiger partial charge on any atom is -0.428 e. The van der Waals surface area contributed by atoms with Crippen LogP contribution in [0.25, 0.3) is 0 Å². The first-order chi connectivity index (χ1) is 16.8. The lowest BCUT2D eigenvalue weighted by molar-refractivity contribution is -0.175. The molecule has 0 saturated carbocycles. The molecule has 0 spiro atoms. The number of rotatable bonds is 12. The monoisotopic (exact) mass is 545 g/mol. The van der Waals surface area contributed by atoms with Crippen molar-refractivity contribution < 1.29 is 33.5 Å². The maximum absolute atomic E-state index is 12.7. The van der Waals surface area contributed by atoms with Crippen LogP contribution in [0.1, 0.15) is 38.3 Å². The number of anilines is 1. The number of halogens is 1. The number of carbonyl (C=O) groups is 4. The summed E-state index contributed by atoms with van der Waals surface area (Å²) in [5, 5.41) is 9.18. The van der Waals surface area contributed by atoms with E-state index < -0.39 is 48.0 Å². The average Bonchev–Trinajstić information content (AvgIpc) is 3.25. The molecule has 15 heteroatoms. The molecule has 2 aliphatic rings. The number of fused-ring (bicyclic) bond motifs is 1. The van der Waals surface area contributed by atoms with E-state index in [2.05, 4.69) is 15.5 Å². The van der Waals surface area contributed by atoms with Gasteiger partial charge >= 0.3 is 11.9 Å². The topological polar surface area (TPSA) is 163 Å². The van der Waals surface area contributed by atoms with Gasteiger partial charge in [0, 0.05) is 11.8 Å². The predicted octanol–water partition coefficient (Wildman–Crippen LogP) is 1.70. The lowest BCUT2D eigenvalue weighted by Gasteiger charge is -2.50. The molecule has 1 aromatic heterocycles. The number of hydrogen-bond donors (Lipinski definition) is 2. The van der Waals surface area contributed by atoms with Gasteiger partial charge in [-0.3, -0.25) is 14.4 Å². The smallest absolute Gasteiger partial charge is 0.337 e. The first kappa shape index (κ1) is 26.8. The molecule has 2 aliphatic heterocycles. The van der Waals surface area contributed by atoms with E-state index in [4.69, 9.17) is 31.6 Å². The van der Waals surface area contributed by atoms with E-state index in [1.165, 1.54) is 33.4 Å². The number of nitrogens with two attached hydrogens (primary N) is 1. The third-order valence-electron chi connectivity index (χ3n) is 4.89. The number of ether oxygens (including phenoxy) is 2. The summed E-state index contributed by atoms with van der Waals surface area (Å²) in [6.07, 6.45) is 3.67. The molecule has 0 aromatic carbocycles. The van der Waals surface area contributed by atoms with E-state index in [0.29, 0.717) is 17.2 Å². The second kappa shape index (κ2) is 12.7. The number of nitrogens with one attached hydrogen (secondary N) is 1. The molecule has 12 nitrogen and oxygen atoms in total. The Kier molecular flexibility index (Phi) is 9.74. The highest BCUT2D eigenvalue weighted by Gasteiger charge is 2.56. The molecule has 3 rings (SSSR count). The van der Waals surface area contributed by atoms with Gasteiger partial charge < -0.3 is 30.3 Å². The molecule has 2 amide bonds. The summed E-state index contributed by atoms with van der Waals surface area (Å²) in [6, 6.07) is -2.09. The molecule has 1 saturated heterocycles. The number of unbranched alkanes of at least 4 members (excludes halogenated alkanes) is 2. The number of aromatic nitrogens is 1. The minimum atomic E-state index is -1.19. The Hall–Kier alpha value is -2.84. The summed E-state index contributed by atoms with van der Waals surface area (Å²) in [7, 11) is 0. The molecule has 190 valence electrons. The van der Waals surface area contributed by atoms with Crippen LogP contribution in [0.4, 0.5) is 5.13 Å². The van der Waals surface area contributed by atoms with Crippen molar-refractivity contribution in [3.05, 3.63) is 21.5 Å². The van der Waals surface area contributed by atoms with Gasteiger partial charge in [0.15, 0.2) is 17.8 Å². The quantitative estimate of drug-likeness (QED) is 0.0986. The van der Waals surface area contributed by atoms with Crippen molar-refractivity contribution in [1.29, 1.82) is 0 Å². The van der Waals surface area contributed by atoms with Crippen molar-refractivity contribution in [2.75, 3.05) is 12.5 Å². The first-order valence-corrected chi connectivity index (χ1v) is 12.8. The molecule has 0 bridgehead atoms. The Morgan fingerprint density at radius 2 is 2.14 bits per heavy atom. The highest BCUT2D eigenvalue weighted by atomic mass is 35.5. The first-order valence-electron chi connectivity index (χ1n) is 10.6. The zero-order valence-electron chi connectivity index (χ0n) is 18.7. The average molecular weight is 546 g/mol. The molecule has 3 atom stereocenters. The number of oxime groups is 1. The lowest BCUT2D eigenvalue weighted by Crippen LogP contribution is -2.73. The number of nitrogens with zero attached hydrogens (tertiary/aromatic N) is 3. The summed E-state index contributed by atoms with van der Waals surface area (Å²) >= 11 is 8.58. The minimum absolute atomic E-state index is 0.0350. The number of nitrogen functional groups attached to an aromatic ring is 1. The van der Waals surface area contributed by atoms with Crippen LogP contribution in [-0.4, -0.2) is 64.1 Å². The standard InChI is InChI=1S/C20H24ClN5O7S2/c1-2-3-4-5-14(28)31-10-32-19(30)16-12(21)9-34-18-15(17(29)26(16)18)25-13(27)6-23-33-7-11-8-35-20(22)24-11/h6,8-9,15-16,18H,2-5,7,10H2,1H3,(H2,22,24)(H,25,27)/b23-6+. The van der Waals surface area contributed by atoms with Gasteiger partial charge in [0.05, 0.1) is 10.7 Å². The van der Waals surface area contributed by atoms with Crippen LogP contribution in [0.2, 0.25) is 0 Å². The number of thioether (sulfide) groups is 1. The van der Waals surface area contributed by atoms with E-state index >= 15 is 0 Å². The van der Waals surface area contributed by atoms with Gasteiger partial charge in [-0.1, -0.05) is 36.5 Å². The fourth-order valence-electron chi connectivity index (χ4n) is 3.19. The fourth-order valence-corrected chi connectivity index (χ4v) is 5.18. The largest absolute Gasteiger partial charge is 0.428 e. The molecular formula is C20H24ClN5O7S2. The summed E-state index contributed by atoms with van der Waals surface area (Å²) in [6.45, 7) is 1.47. The molecule has 3 heterocycles. The number of carbonyl (C=O) groups excluding carboxylic acids is 4. The van der Waals surface area contributed by atoms with E-state index in [1.54, 1.807) is 5.38 Å². The molecular weight excluding hydrogens is 522 g/mol. The lowest BCUT2D eigenvalue weighted by atomic mass is 10.0. The normalized spacial score (nSPS) is 21.1.